The van der Waals surface area contributed by atoms with Crippen molar-refractivity contribution < 1.29 is 4.39 Å². The van der Waals surface area contributed by atoms with Crippen molar-refractivity contribution in [3.63, 3.8) is 0 Å². The van der Waals surface area contributed by atoms with Crippen LogP contribution in [-0.2, 0) is 6.54 Å². The number of halogens is 1. The molecule has 3 rings (SSSR count). The molecule has 1 saturated heterocycles. The molecule has 1 unspecified atom stereocenters. The van der Waals surface area contributed by atoms with Crippen molar-refractivity contribution >= 4 is 11.3 Å². The zero-order chi connectivity index (χ0) is 12.4. The lowest BCUT2D eigenvalue weighted by Gasteiger charge is -2.14. The van der Waals surface area contributed by atoms with Gasteiger partial charge in [-0.3, -0.25) is 9.88 Å². The molecule has 0 radical (unpaired) electrons. The Kier molecular flexibility index (Phi) is 3.39. The Balaban J connectivity index is 1.63. The highest BCUT2D eigenvalue weighted by Crippen LogP contribution is 2.28. The van der Waals surface area contributed by atoms with E-state index in [4.69, 9.17) is 0 Å². The SMILES string of the molecule is Fc1ccc(C2CCN(Cc3cncs3)C2)cc1. The van der Waals surface area contributed by atoms with Gasteiger partial charge in [-0.1, -0.05) is 12.1 Å². The van der Waals surface area contributed by atoms with Crippen LogP contribution in [0.2, 0.25) is 0 Å². The summed E-state index contributed by atoms with van der Waals surface area (Å²) >= 11 is 1.71. The maximum absolute atomic E-state index is 12.9. The number of thiazole rings is 1. The van der Waals surface area contributed by atoms with Crippen LogP contribution in [0.3, 0.4) is 0 Å². The van der Waals surface area contributed by atoms with E-state index in [9.17, 15) is 4.39 Å². The van der Waals surface area contributed by atoms with E-state index in [0.29, 0.717) is 5.92 Å². The Morgan fingerprint density at radius 1 is 1.33 bits per heavy atom. The normalized spacial score (nSPS) is 20.4. The van der Waals surface area contributed by atoms with Gasteiger partial charge in [0.25, 0.3) is 0 Å². The molecule has 2 aromatic rings. The van der Waals surface area contributed by atoms with Crippen LogP contribution in [0.5, 0.6) is 0 Å². The molecular weight excluding hydrogens is 247 g/mol. The largest absolute Gasteiger partial charge is 0.298 e. The molecule has 0 N–H and O–H groups in total. The van der Waals surface area contributed by atoms with Crippen LogP contribution in [0.1, 0.15) is 22.8 Å². The second-order valence-electron chi connectivity index (χ2n) is 4.74. The average Bonchev–Trinajstić information content (AvgIpc) is 3.02. The van der Waals surface area contributed by atoms with E-state index in [1.807, 2.05) is 23.8 Å². The summed E-state index contributed by atoms with van der Waals surface area (Å²) in [7, 11) is 0. The molecule has 2 nitrogen and oxygen atoms in total. The van der Waals surface area contributed by atoms with E-state index in [1.165, 1.54) is 10.4 Å². The Morgan fingerprint density at radius 3 is 2.89 bits per heavy atom. The third-order valence-electron chi connectivity index (χ3n) is 3.48. The maximum Gasteiger partial charge on any atom is 0.123 e. The third kappa shape index (κ3) is 2.60. The Bertz CT molecular complexity index is 495. The number of hydrogen-bond acceptors (Lipinski definition) is 3. The standard InChI is InChI=1S/C14H15FN2S/c15-13-3-1-11(2-4-13)12-5-6-17(8-12)9-14-7-16-10-18-14/h1-4,7,10,12H,5-6,8-9H2. The summed E-state index contributed by atoms with van der Waals surface area (Å²) in [5.74, 6) is 0.386. The molecule has 2 heterocycles. The van der Waals surface area contributed by atoms with E-state index < -0.39 is 0 Å². The molecule has 1 aliphatic rings. The van der Waals surface area contributed by atoms with E-state index in [-0.39, 0.29) is 5.82 Å². The molecule has 4 heteroatoms. The van der Waals surface area contributed by atoms with Crippen molar-refractivity contribution in [1.82, 2.24) is 9.88 Å². The molecule has 1 aromatic carbocycles. The van der Waals surface area contributed by atoms with E-state index in [2.05, 4.69) is 9.88 Å². The Hall–Kier alpha value is -1.26. The first kappa shape index (κ1) is 11.8. The second kappa shape index (κ2) is 5.16. The summed E-state index contributed by atoms with van der Waals surface area (Å²) in [6.45, 7) is 3.16. The molecule has 1 aliphatic heterocycles. The minimum Gasteiger partial charge on any atom is -0.298 e. The number of benzene rings is 1. The maximum atomic E-state index is 12.9. The first-order valence-electron chi connectivity index (χ1n) is 6.16. The third-order valence-corrected chi connectivity index (χ3v) is 4.24. The molecule has 0 bridgehead atoms. The van der Waals surface area contributed by atoms with Gasteiger partial charge in [0.15, 0.2) is 0 Å². The fourth-order valence-electron chi connectivity index (χ4n) is 2.52. The fraction of sp³-hybridized carbons (Fsp3) is 0.357. The quantitative estimate of drug-likeness (QED) is 0.844. The van der Waals surface area contributed by atoms with Gasteiger partial charge in [-0.05, 0) is 36.6 Å². The highest BCUT2D eigenvalue weighted by Gasteiger charge is 2.23. The van der Waals surface area contributed by atoms with Crippen LogP contribution < -0.4 is 0 Å². The number of likely N-dealkylation sites (tertiary alicyclic amines) is 1. The van der Waals surface area contributed by atoms with E-state index in [0.717, 1.165) is 26.1 Å². The van der Waals surface area contributed by atoms with Gasteiger partial charge < -0.3 is 0 Å². The van der Waals surface area contributed by atoms with Gasteiger partial charge in [-0.25, -0.2) is 4.39 Å². The average molecular weight is 262 g/mol. The van der Waals surface area contributed by atoms with Crippen molar-refractivity contribution in [2.45, 2.75) is 18.9 Å². The topological polar surface area (TPSA) is 16.1 Å². The zero-order valence-corrected chi connectivity index (χ0v) is 10.9. The highest BCUT2D eigenvalue weighted by atomic mass is 32.1. The monoisotopic (exact) mass is 262 g/mol. The van der Waals surface area contributed by atoms with Crippen LogP contribution >= 0.6 is 11.3 Å². The molecule has 0 aliphatic carbocycles. The lowest BCUT2D eigenvalue weighted by atomic mass is 9.99. The van der Waals surface area contributed by atoms with Crippen molar-refractivity contribution in [3.8, 4) is 0 Å². The van der Waals surface area contributed by atoms with Crippen LogP contribution in [0.15, 0.2) is 36.0 Å². The lowest BCUT2D eigenvalue weighted by Crippen LogP contribution is -2.19. The number of aromatic nitrogens is 1. The van der Waals surface area contributed by atoms with Crippen molar-refractivity contribution in [1.29, 1.82) is 0 Å². The van der Waals surface area contributed by atoms with Gasteiger partial charge in [0.1, 0.15) is 5.82 Å². The number of hydrogen-bond donors (Lipinski definition) is 0. The smallest absolute Gasteiger partial charge is 0.123 e. The molecular formula is C14H15FN2S. The van der Waals surface area contributed by atoms with Crippen molar-refractivity contribution in [2.24, 2.45) is 0 Å². The van der Waals surface area contributed by atoms with E-state index >= 15 is 0 Å². The summed E-state index contributed by atoms with van der Waals surface area (Å²) in [4.78, 5) is 7.86. The van der Waals surface area contributed by atoms with Gasteiger partial charge in [0.05, 0.1) is 5.51 Å². The second-order valence-corrected chi connectivity index (χ2v) is 5.71. The molecule has 18 heavy (non-hydrogen) atoms. The first-order chi connectivity index (χ1) is 8.81. The summed E-state index contributed by atoms with van der Waals surface area (Å²) in [6, 6.07) is 6.94. The van der Waals surface area contributed by atoms with Gasteiger partial charge in [0.2, 0.25) is 0 Å². The predicted molar refractivity (Wildman–Crippen MR) is 71.1 cm³/mol. The van der Waals surface area contributed by atoms with Gasteiger partial charge in [-0.15, -0.1) is 11.3 Å². The molecule has 1 atom stereocenters. The van der Waals surface area contributed by atoms with Gasteiger partial charge >= 0.3 is 0 Å². The summed E-state index contributed by atoms with van der Waals surface area (Å²) < 4.78 is 12.9. The molecule has 0 saturated carbocycles. The van der Waals surface area contributed by atoms with Crippen LogP contribution in [0, 0.1) is 5.82 Å². The highest BCUT2D eigenvalue weighted by molar-refractivity contribution is 7.09. The summed E-state index contributed by atoms with van der Waals surface area (Å²) in [6.07, 6.45) is 3.10. The molecule has 0 amide bonds. The Labute approximate surface area is 110 Å². The van der Waals surface area contributed by atoms with Crippen LogP contribution in [0.25, 0.3) is 0 Å². The fourth-order valence-corrected chi connectivity index (χ4v) is 3.16. The zero-order valence-electron chi connectivity index (χ0n) is 10.1. The lowest BCUT2D eigenvalue weighted by molar-refractivity contribution is 0.329. The number of rotatable bonds is 3. The van der Waals surface area contributed by atoms with Gasteiger partial charge in [-0.2, -0.15) is 0 Å². The predicted octanol–water partition coefficient (Wildman–Crippen LogP) is 3.27. The molecule has 1 fully saturated rings. The molecule has 94 valence electrons. The minimum atomic E-state index is -0.154. The molecule has 0 spiro atoms. The van der Waals surface area contributed by atoms with Crippen LogP contribution in [-0.4, -0.2) is 23.0 Å². The first-order valence-corrected chi connectivity index (χ1v) is 7.04. The summed E-state index contributed by atoms with van der Waals surface area (Å²) in [5, 5.41) is 0. The Morgan fingerprint density at radius 2 is 2.17 bits per heavy atom. The van der Waals surface area contributed by atoms with Crippen molar-refractivity contribution in [2.75, 3.05) is 13.1 Å². The molecule has 1 aromatic heterocycles. The van der Waals surface area contributed by atoms with E-state index in [1.54, 1.807) is 23.5 Å². The minimum absolute atomic E-state index is 0.154. The number of nitrogens with zero attached hydrogens (tertiary/aromatic N) is 2. The van der Waals surface area contributed by atoms with Gasteiger partial charge in [0, 0.05) is 24.2 Å². The van der Waals surface area contributed by atoms with Crippen LogP contribution in [0.4, 0.5) is 4.39 Å². The van der Waals surface area contributed by atoms with Crippen molar-refractivity contribution in [3.05, 3.63) is 52.2 Å². The summed E-state index contributed by atoms with van der Waals surface area (Å²) in [5.41, 5.74) is 3.13.